The lowest BCUT2D eigenvalue weighted by atomic mass is 10.0. The van der Waals surface area contributed by atoms with Crippen molar-refractivity contribution in [2.75, 3.05) is 19.7 Å². The maximum atomic E-state index is 13.0. The minimum atomic E-state index is -3.53. The molecule has 0 saturated carbocycles. The second-order valence-corrected chi connectivity index (χ2v) is 8.52. The zero-order valence-corrected chi connectivity index (χ0v) is 15.7. The average Bonchev–Trinajstić information content (AvgIpc) is 3.11. The summed E-state index contributed by atoms with van der Waals surface area (Å²) < 4.78 is 35.2. The van der Waals surface area contributed by atoms with Crippen molar-refractivity contribution >= 4 is 10.0 Å². The monoisotopic (exact) mass is 363 g/mol. The molecule has 1 aliphatic heterocycles. The molecule has 1 unspecified atom stereocenters. The van der Waals surface area contributed by atoms with E-state index in [9.17, 15) is 8.42 Å². The molecule has 1 aromatic heterocycles. The number of nitrogens with zero attached hydrogens (tertiary/aromatic N) is 3. The number of sulfonamides is 1. The molecule has 0 bridgehead atoms. The molecule has 3 rings (SSSR count). The van der Waals surface area contributed by atoms with Crippen LogP contribution in [0.3, 0.4) is 0 Å². The van der Waals surface area contributed by atoms with Gasteiger partial charge in [0.1, 0.15) is 0 Å². The molecule has 1 atom stereocenters. The van der Waals surface area contributed by atoms with Gasteiger partial charge in [0, 0.05) is 31.4 Å². The van der Waals surface area contributed by atoms with Crippen molar-refractivity contribution in [2.24, 2.45) is 0 Å². The van der Waals surface area contributed by atoms with E-state index in [2.05, 4.69) is 18.9 Å². The minimum absolute atomic E-state index is 0.280. The number of aromatic nitrogens is 2. The molecule has 1 aromatic carbocycles. The van der Waals surface area contributed by atoms with Gasteiger partial charge in [0.25, 0.3) is 0 Å². The molecule has 2 aromatic rings. The topological polar surface area (TPSA) is 64.4 Å². The number of ether oxygens (including phenoxy) is 1. The Labute approximate surface area is 149 Å². The molecular formula is C18H25N3O3S. The minimum Gasteiger partial charge on any atom is -0.371 e. The highest BCUT2D eigenvalue weighted by atomic mass is 32.2. The van der Waals surface area contributed by atoms with Crippen LogP contribution >= 0.6 is 0 Å². The zero-order valence-electron chi connectivity index (χ0n) is 14.9. The van der Waals surface area contributed by atoms with Crippen molar-refractivity contribution in [2.45, 2.75) is 44.2 Å². The van der Waals surface area contributed by atoms with Crippen molar-refractivity contribution in [1.29, 1.82) is 0 Å². The van der Waals surface area contributed by atoms with Crippen LogP contribution in [-0.2, 0) is 21.3 Å². The second-order valence-electron chi connectivity index (χ2n) is 6.58. The largest absolute Gasteiger partial charge is 0.371 e. The van der Waals surface area contributed by atoms with Gasteiger partial charge in [0.15, 0.2) is 0 Å². The molecule has 0 amide bonds. The molecule has 25 heavy (non-hydrogen) atoms. The van der Waals surface area contributed by atoms with Crippen molar-refractivity contribution in [3.63, 3.8) is 0 Å². The number of aryl methyl sites for hydroxylation is 1. The van der Waals surface area contributed by atoms with Gasteiger partial charge in [0.05, 0.1) is 23.8 Å². The lowest BCUT2D eigenvalue weighted by Gasteiger charge is -2.31. The van der Waals surface area contributed by atoms with Crippen LogP contribution in [0.25, 0.3) is 0 Å². The lowest BCUT2D eigenvalue weighted by molar-refractivity contribution is -0.00260. The fourth-order valence-corrected chi connectivity index (χ4v) is 4.43. The summed E-state index contributed by atoms with van der Waals surface area (Å²) >= 11 is 0. The normalized spacial score (nSPS) is 19.4. The van der Waals surface area contributed by atoms with Gasteiger partial charge in [-0.25, -0.2) is 8.42 Å². The molecular weight excluding hydrogens is 338 g/mol. The first-order chi connectivity index (χ1) is 11.9. The predicted molar refractivity (Wildman–Crippen MR) is 95.9 cm³/mol. The molecule has 6 nitrogen and oxygen atoms in total. The van der Waals surface area contributed by atoms with E-state index in [0.717, 1.165) is 17.7 Å². The summed E-state index contributed by atoms with van der Waals surface area (Å²) in [6, 6.07) is 7.22. The van der Waals surface area contributed by atoms with E-state index >= 15 is 0 Å². The smallest absolute Gasteiger partial charge is 0.243 e. The molecule has 0 spiro atoms. The van der Waals surface area contributed by atoms with Crippen LogP contribution in [0.15, 0.2) is 41.6 Å². The van der Waals surface area contributed by atoms with Crippen LogP contribution in [0.5, 0.6) is 0 Å². The molecule has 1 fully saturated rings. The van der Waals surface area contributed by atoms with Crippen LogP contribution in [0.1, 0.15) is 43.9 Å². The highest BCUT2D eigenvalue weighted by Crippen LogP contribution is 2.27. The molecule has 7 heteroatoms. The number of morpholine rings is 1. The number of hydrogen-bond donors (Lipinski definition) is 0. The maximum absolute atomic E-state index is 13.0. The Bertz CT molecular complexity index is 830. The first-order valence-electron chi connectivity index (χ1n) is 8.66. The summed E-state index contributed by atoms with van der Waals surface area (Å²) in [7, 11) is -3.53. The van der Waals surface area contributed by atoms with Crippen LogP contribution in [0.2, 0.25) is 0 Å². The number of benzene rings is 1. The standard InChI is InChI=1S/C18H25N3O3S/c1-4-20-12-16(11-19-20)18-13-21(8-9-24-18)25(22,23)17-7-5-6-15(10-17)14(2)3/h5-7,10-12,14,18H,4,8-9,13H2,1-3H3. The van der Waals surface area contributed by atoms with Gasteiger partial charge in [0.2, 0.25) is 10.0 Å². The second kappa shape index (κ2) is 7.27. The lowest BCUT2D eigenvalue weighted by Crippen LogP contribution is -2.42. The number of rotatable bonds is 5. The molecule has 0 aliphatic carbocycles. The summed E-state index contributed by atoms with van der Waals surface area (Å²) in [5.74, 6) is 0.285. The first kappa shape index (κ1) is 18.1. The van der Waals surface area contributed by atoms with Gasteiger partial charge in [-0.15, -0.1) is 0 Å². The predicted octanol–water partition coefficient (Wildman–Crippen LogP) is 2.79. The van der Waals surface area contributed by atoms with Crippen LogP contribution in [0, 0.1) is 0 Å². The zero-order chi connectivity index (χ0) is 18.0. The van der Waals surface area contributed by atoms with Crippen molar-refractivity contribution < 1.29 is 13.2 Å². The first-order valence-corrected chi connectivity index (χ1v) is 10.1. The molecule has 0 radical (unpaired) electrons. The van der Waals surface area contributed by atoms with E-state index in [1.165, 1.54) is 4.31 Å². The highest BCUT2D eigenvalue weighted by molar-refractivity contribution is 7.89. The summed E-state index contributed by atoms with van der Waals surface area (Å²) in [4.78, 5) is 0.351. The van der Waals surface area contributed by atoms with Crippen LogP contribution in [0.4, 0.5) is 0 Å². The maximum Gasteiger partial charge on any atom is 0.243 e. The molecule has 2 heterocycles. The van der Waals surface area contributed by atoms with E-state index in [1.54, 1.807) is 18.3 Å². The Morgan fingerprint density at radius 3 is 2.84 bits per heavy atom. The van der Waals surface area contributed by atoms with Gasteiger partial charge in [-0.2, -0.15) is 9.40 Å². The van der Waals surface area contributed by atoms with E-state index in [-0.39, 0.29) is 12.0 Å². The Hall–Kier alpha value is -1.70. The van der Waals surface area contributed by atoms with Gasteiger partial charge >= 0.3 is 0 Å². The van der Waals surface area contributed by atoms with E-state index < -0.39 is 10.0 Å². The third kappa shape index (κ3) is 3.78. The molecule has 136 valence electrons. The fraction of sp³-hybridized carbons (Fsp3) is 0.500. The molecule has 0 N–H and O–H groups in total. The van der Waals surface area contributed by atoms with E-state index in [0.29, 0.717) is 24.6 Å². The third-order valence-corrected chi connectivity index (χ3v) is 6.40. The van der Waals surface area contributed by atoms with Gasteiger partial charge in [-0.1, -0.05) is 26.0 Å². The van der Waals surface area contributed by atoms with E-state index in [4.69, 9.17) is 4.74 Å². The van der Waals surface area contributed by atoms with Crippen LogP contribution < -0.4 is 0 Å². The van der Waals surface area contributed by atoms with Crippen molar-refractivity contribution in [1.82, 2.24) is 14.1 Å². The van der Waals surface area contributed by atoms with Gasteiger partial charge < -0.3 is 4.74 Å². The Kier molecular flexibility index (Phi) is 5.27. The Morgan fingerprint density at radius 2 is 2.16 bits per heavy atom. The number of hydrogen-bond acceptors (Lipinski definition) is 4. The average molecular weight is 363 g/mol. The molecule has 1 aliphatic rings. The summed E-state index contributed by atoms with van der Waals surface area (Å²) in [6.07, 6.45) is 3.39. The van der Waals surface area contributed by atoms with Crippen molar-refractivity contribution in [3.8, 4) is 0 Å². The Balaban J connectivity index is 1.83. The molecule has 1 saturated heterocycles. The Morgan fingerprint density at radius 1 is 1.36 bits per heavy atom. The summed E-state index contributed by atoms with van der Waals surface area (Å²) in [5, 5.41) is 4.25. The highest BCUT2D eigenvalue weighted by Gasteiger charge is 2.32. The van der Waals surface area contributed by atoms with E-state index in [1.807, 2.05) is 29.9 Å². The third-order valence-electron chi connectivity index (χ3n) is 4.54. The fourth-order valence-electron chi connectivity index (χ4n) is 2.95. The SMILES string of the molecule is CCn1cc(C2CN(S(=O)(=O)c3cccc(C(C)C)c3)CCO2)cn1. The van der Waals surface area contributed by atoms with Gasteiger partial charge in [-0.3, -0.25) is 4.68 Å². The summed E-state index contributed by atoms with van der Waals surface area (Å²) in [5.41, 5.74) is 1.94. The van der Waals surface area contributed by atoms with Crippen molar-refractivity contribution in [3.05, 3.63) is 47.8 Å². The quantitative estimate of drug-likeness (QED) is 0.819. The van der Waals surface area contributed by atoms with Gasteiger partial charge in [-0.05, 0) is 30.5 Å². The summed E-state index contributed by atoms with van der Waals surface area (Å²) in [6.45, 7) is 7.96. The van der Waals surface area contributed by atoms with Crippen LogP contribution in [-0.4, -0.2) is 42.2 Å².